The molecule has 29 heavy (non-hydrogen) atoms. The maximum atomic E-state index is 12.7. The van der Waals surface area contributed by atoms with Gasteiger partial charge in [0.15, 0.2) is 5.82 Å². The normalized spacial score (nSPS) is 14.6. The van der Waals surface area contributed by atoms with Crippen LogP contribution in [0.4, 0.5) is 5.69 Å². The van der Waals surface area contributed by atoms with Crippen LogP contribution in [0.5, 0.6) is 0 Å². The fraction of sp³-hybridized carbons (Fsp3) is 0.261. The summed E-state index contributed by atoms with van der Waals surface area (Å²) < 4.78 is 2.97. The van der Waals surface area contributed by atoms with Crippen LogP contribution in [0.15, 0.2) is 64.2 Å². The summed E-state index contributed by atoms with van der Waals surface area (Å²) in [6, 6.07) is 18.0. The molecule has 146 valence electrons. The van der Waals surface area contributed by atoms with Crippen molar-refractivity contribution in [3.05, 3.63) is 75.4 Å². The standard InChI is InChI=1S/C23H22N4O2/c1-25-22(28)19-15-16-7-3-4-8-20(16)27(21(19)24-23(25)29)18-11-9-17(10-12-18)26-13-5-2-6-14-26/h3-4,7-12,15H,2,5-6,13-14H2,1H3. The number of piperidine rings is 1. The second-order valence-corrected chi connectivity index (χ2v) is 7.60. The first-order valence-corrected chi connectivity index (χ1v) is 10.0. The highest BCUT2D eigenvalue weighted by molar-refractivity contribution is 5.87. The van der Waals surface area contributed by atoms with Crippen LogP contribution in [0.3, 0.4) is 0 Å². The molecule has 0 bridgehead atoms. The molecule has 0 aliphatic carbocycles. The lowest BCUT2D eigenvalue weighted by atomic mass is 10.1. The molecule has 3 heterocycles. The van der Waals surface area contributed by atoms with Gasteiger partial charge in [-0.05, 0) is 61.0 Å². The van der Waals surface area contributed by atoms with Crippen LogP contribution < -0.4 is 16.1 Å². The third-order valence-corrected chi connectivity index (χ3v) is 5.78. The lowest BCUT2D eigenvalue weighted by Gasteiger charge is -2.29. The zero-order valence-corrected chi connectivity index (χ0v) is 16.3. The molecule has 0 spiro atoms. The van der Waals surface area contributed by atoms with Crippen molar-refractivity contribution in [3.8, 4) is 17.1 Å². The third-order valence-electron chi connectivity index (χ3n) is 5.78. The molecule has 0 aromatic heterocycles. The van der Waals surface area contributed by atoms with E-state index in [2.05, 4.69) is 22.0 Å². The number of nitrogens with zero attached hydrogens (tertiary/aromatic N) is 4. The van der Waals surface area contributed by atoms with E-state index < -0.39 is 5.69 Å². The highest BCUT2D eigenvalue weighted by Crippen LogP contribution is 2.29. The van der Waals surface area contributed by atoms with E-state index in [0.717, 1.165) is 34.2 Å². The molecule has 5 rings (SSSR count). The molecule has 2 aromatic carbocycles. The average molecular weight is 386 g/mol. The van der Waals surface area contributed by atoms with Gasteiger partial charge in [0.25, 0.3) is 5.56 Å². The topological polar surface area (TPSA) is 60.1 Å². The maximum Gasteiger partial charge on any atom is 0.352 e. The average Bonchev–Trinajstić information content (AvgIpc) is 2.77. The van der Waals surface area contributed by atoms with Crippen molar-refractivity contribution >= 4 is 16.6 Å². The summed E-state index contributed by atoms with van der Waals surface area (Å²) in [6.07, 6.45) is 3.75. The van der Waals surface area contributed by atoms with E-state index in [9.17, 15) is 9.59 Å². The Kier molecular flexibility index (Phi) is 4.19. The molecule has 0 N–H and O–H groups in total. The quantitative estimate of drug-likeness (QED) is 0.497. The van der Waals surface area contributed by atoms with Crippen molar-refractivity contribution in [1.29, 1.82) is 0 Å². The van der Waals surface area contributed by atoms with Gasteiger partial charge < -0.3 is 4.90 Å². The number of anilines is 1. The monoisotopic (exact) mass is 386 g/mol. The van der Waals surface area contributed by atoms with E-state index in [4.69, 9.17) is 0 Å². The summed E-state index contributed by atoms with van der Waals surface area (Å²) >= 11 is 0. The number of rotatable bonds is 2. The van der Waals surface area contributed by atoms with Crippen LogP contribution in [0.2, 0.25) is 0 Å². The Bertz CT molecular complexity index is 1280. The first-order valence-electron chi connectivity index (χ1n) is 10.0. The van der Waals surface area contributed by atoms with E-state index in [0.29, 0.717) is 11.4 Å². The Balaban J connectivity index is 1.74. The van der Waals surface area contributed by atoms with Crippen molar-refractivity contribution in [3.63, 3.8) is 0 Å². The highest BCUT2D eigenvalue weighted by atomic mass is 16.2. The first-order chi connectivity index (χ1) is 14.1. The molecule has 2 aromatic rings. The fourth-order valence-corrected chi connectivity index (χ4v) is 4.19. The lowest BCUT2D eigenvalue weighted by Crippen LogP contribution is -2.35. The number of benzene rings is 2. The van der Waals surface area contributed by atoms with E-state index in [1.165, 1.54) is 32.0 Å². The number of aromatic nitrogens is 3. The summed E-state index contributed by atoms with van der Waals surface area (Å²) in [4.78, 5) is 31.6. The second-order valence-electron chi connectivity index (χ2n) is 7.60. The molecule has 1 fully saturated rings. The maximum absolute atomic E-state index is 12.7. The first kappa shape index (κ1) is 17.7. The van der Waals surface area contributed by atoms with Crippen molar-refractivity contribution in [1.82, 2.24) is 14.1 Å². The molecule has 0 radical (unpaired) electrons. The summed E-state index contributed by atoms with van der Waals surface area (Å²) in [5.74, 6) is 0.391. The Hall–Kier alpha value is -3.41. The minimum absolute atomic E-state index is 0.329. The number of para-hydroxylation sites is 1. The van der Waals surface area contributed by atoms with Crippen molar-refractivity contribution in [2.45, 2.75) is 19.3 Å². The minimum Gasteiger partial charge on any atom is -0.372 e. The van der Waals surface area contributed by atoms with E-state index in [1.807, 2.05) is 47.0 Å². The largest absolute Gasteiger partial charge is 0.372 e. The molecular formula is C23H22N4O2. The molecule has 0 atom stereocenters. The fourth-order valence-electron chi connectivity index (χ4n) is 4.19. The molecule has 6 heteroatoms. The van der Waals surface area contributed by atoms with Gasteiger partial charge in [0.2, 0.25) is 0 Å². The van der Waals surface area contributed by atoms with Gasteiger partial charge in [-0.15, -0.1) is 0 Å². The number of fused-ring (bicyclic) bond motifs is 2. The zero-order chi connectivity index (χ0) is 20.0. The minimum atomic E-state index is -0.545. The van der Waals surface area contributed by atoms with Gasteiger partial charge in [-0.3, -0.25) is 13.9 Å². The van der Waals surface area contributed by atoms with E-state index >= 15 is 0 Å². The SMILES string of the molecule is Cn1c(=O)nc2n(-c3ccc(N4CCCCC4)cc3)c3ccccc3cc-2c1=O. The second kappa shape index (κ2) is 6.88. The predicted molar refractivity (Wildman–Crippen MR) is 115 cm³/mol. The highest BCUT2D eigenvalue weighted by Gasteiger charge is 2.20. The van der Waals surface area contributed by atoms with Crippen LogP contribution in [-0.2, 0) is 7.05 Å². The zero-order valence-electron chi connectivity index (χ0n) is 16.3. The molecule has 0 saturated carbocycles. The van der Waals surface area contributed by atoms with Crippen molar-refractivity contribution in [2.75, 3.05) is 18.0 Å². The Morgan fingerprint density at radius 2 is 1.55 bits per heavy atom. The van der Waals surface area contributed by atoms with Gasteiger partial charge in [-0.25, -0.2) is 4.79 Å². The van der Waals surface area contributed by atoms with Crippen LogP contribution in [0.25, 0.3) is 28.0 Å². The molecule has 1 saturated heterocycles. The predicted octanol–water partition coefficient (Wildman–Crippen LogP) is 3.18. The van der Waals surface area contributed by atoms with Crippen LogP contribution >= 0.6 is 0 Å². The lowest BCUT2D eigenvalue weighted by molar-refractivity contribution is 0.578. The van der Waals surface area contributed by atoms with Gasteiger partial charge in [-0.1, -0.05) is 18.2 Å². The molecular weight excluding hydrogens is 364 g/mol. The van der Waals surface area contributed by atoms with Crippen molar-refractivity contribution < 1.29 is 0 Å². The van der Waals surface area contributed by atoms with Crippen LogP contribution in [0.1, 0.15) is 19.3 Å². The van der Waals surface area contributed by atoms with Gasteiger partial charge in [0.1, 0.15) is 0 Å². The molecule has 6 nitrogen and oxygen atoms in total. The van der Waals surface area contributed by atoms with Gasteiger partial charge in [0, 0.05) is 31.5 Å². The Morgan fingerprint density at radius 1 is 0.862 bits per heavy atom. The summed E-state index contributed by atoms with van der Waals surface area (Å²) in [5, 5.41) is 0.928. The summed E-state index contributed by atoms with van der Waals surface area (Å²) in [5.41, 5.74) is 2.55. The van der Waals surface area contributed by atoms with Crippen LogP contribution in [-0.4, -0.2) is 27.2 Å². The number of pyridine rings is 1. The third kappa shape index (κ3) is 2.92. The van der Waals surface area contributed by atoms with Crippen LogP contribution in [0, 0.1) is 0 Å². The van der Waals surface area contributed by atoms with Gasteiger partial charge in [0.05, 0.1) is 11.1 Å². The van der Waals surface area contributed by atoms with E-state index in [1.54, 1.807) is 0 Å². The molecule has 0 unspecified atom stereocenters. The van der Waals surface area contributed by atoms with Gasteiger partial charge in [-0.2, -0.15) is 4.98 Å². The molecule has 3 aliphatic heterocycles. The summed E-state index contributed by atoms with van der Waals surface area (Å²) in [7, 11) is 1.46. The summed E-state index contributed by atoms with van der Waals surface area (Å²) in [6.45, 7) is 2.17. The smallest absolute Gasteiger partial charge is 0.352 e. The van der Waals surface area contributed by atoms with E-state index in [-0.39, 0.29) is 5.56 Å². The van der Waals surface area contributed by atoms with Crippen molar-refractivity contribution in [2.24, 2.45) is 7.05 Å². The van der Waals surface area contributed by atoms with Gasteiger partial charge >= 0.3 is 5.69 Å². The number of hydrogen-bond donors (Lipinski definition) is 0. The Labute approximate surface area is 168 Å². The number of hydrogen-bond acceptors (Lipinski definition) is 4. The Morgan fingerprint density at radius 3 is 2.31 bits per heavy atom. The molecule has 0 amide bonds. The molecule has 3 aliphatic rings.